The number of benzene rings is 1. The second-order valence-corrected chi connectivity index (χ2v) is 4.03. The first-order valence-corrected chi connectivity index (χ1v) is 5.32. The van der Waals surface area contributed by atoms with Crippen LogP contribution in [0.1, 0.15) is 21.6 Å². The van der Waals surface area contributed by atoms with E-state index in [2.05, 4.69) is 9.72 Å². The van der Waals surface area contributed by atoms with Crippen LogP contribution < -0.4 is 0 Å². The number of carbonyl (C=O) groups is 1. The van der Waals surface area contributed by atoms with Crippen molar-refractivity contribution in [2.24, 2.45) is 0 Å². The molecule has 0 saturated carbocycles. The van der Waals surface area contributed by atoms with Crippen LogP contribution in [0.4, 0.5) is 5.69 Å². The van der Waals surface area contributed by atoms with Gasteiger partial charge in [-0.05, 0) is 19.4 Å². The van der Waals surface area contributed by atoms with E-state index in [9.17, 15) is 14.9 Å². The van der Waals surface area contributed by atoms with Crippen molar-refractivity contribution < 1.29 is 14.5 Å². The first-order chi connectivity index (χ1) is 8.47. The summed E-state index contributed by atoms with van der Waals surface area (Å²) in [4.78, 5) is 25.3. The molecule has 0 spiro atoms. The largest absolute Gasteiger partial charge is 0.465 e. The van der Waals surface area contributed by atoms with Crippen LogP contribution in [-0.2, 0) is 4.74 Å². The summed E-state index contributed by atoms with van der Waals surface area (Å²) in [6.07, 6.45) is 0. The Labute approximate surface area is 103 Å². The average Bonchev–Trinajstić information content (AvgIpc) is 2.66. The van der Waals surface area contributed by atoms with Crippen LogP contribution in [0.25, 0.3) is 10.9 Å². The highest BCUT2D eigenvalue weighted by Crippen LogP contribution is 2.33. The first-order valence-electron chi connectivity index (χ1n) is 5.32. The molecule has 0 fully saturated rings. The van der Waals surface area contributed by atoms with Gasteiger partial charge in [-0.25, -0.2) is 4.79 Å². The molecule has 1 aromatic carbocycles. The minimum absolute atomic E-state index is 0.0969. The molecule has 0 atom stereocenters. The number of ether oxygens (including phenoxy) is 1. The molecule has 2 rings (SSSR count). The van der Waals surface area contributed by atoms with Crippen molar-refractivity contribution in [1.82, 2.24) is 4.98 Å². The van der Waals surface area contributed by atoms with Gasteiger partial charge in [-0.3, -0.25) is 10.1 Å². The smallest absolute Gasteiger partial charge is 0.340 e. The third-order valence-electron chi connectivity index (χ3n) is 2.92. The van der Waals surface area contributed by atoms with Crippen molar-refractivity contribution in [3.05, 3.63) is 39.1 Å². The zero-order valence-corrected chi connectivity index (χ0v) is 10.2. The van der Waals surface area contributed by atoms with Crippen molar-refractivity contribution >= 4 is 22.6 Å². The summed E-state index contributed by atoms with van der Waals surface area (Å²) in [7, 11) is 1.25. The summed E-state index contributed by atoms with van der Waals surface area (Å²) < 4.78 is 4.68. The van der Waals surface area contributed by atoms with E-state index in [4.69, 9.17) is 0 Å². The number of methoxy groups -OCH3 is 1. The fraction of sp³-hybridized carbons (Fsp3) is 0.250. The van der Waals surface area contributed by atoms with Gasteiger partial charge in [-0.1, -0.05) is 6.07 Å². The maximum absolute atomic E-state index is 11.7. The second kappa shape index (κ2) is 4.14. The fourth-order valence-electron chi connectivity index (χ4n) is 2.06. The van der Waals surface area contributed by atoms with Gasteiger partial charge in [0, 0.05) is 11.8 Å². The summed E-state index contributed by atoms with van der Waals surface area (Å²) in [5.41, 5.74) is 2.13. The van der Waals surface area contributed by atoms with Crippen molar-refractivity contribution in [3.63, 3.8) is 0 Å². The minimum atomic E-state index is -0.576. The van der Waals surface area contributed by atoms with Gasteiger partial charge in [0.05, 0.1) is 28.5 Å². The monoisotopic (exact) mass is 248 g/mol. The predicted molar refractivity (Wildman–Crippen MR) is 65.8 cm³/mol. The Morgan fingerprint density at radius 1 is 1.39 bits per heavy atom. The van der Waals surface area contributed by atoms with Crippen molar-refractivity contribution in [3.8, 4) is 0 Å². The highest BCUT2D eigenvalue weighted by molar-refractivity contribution is 6.09. The van der Waals surface area contributed by atoms with E-state index < -0.39 is 10.9 Å². The standard InChI is InChI=1S/C12H12N2O4/c1-6-4-5-8(14(16)17)10-9(12(15)18-3)7(2)13-11(6)10/h4-5,13H,1-3H3. The topological polar surface area (TPSA) is 85.2 Å². The summed E-state index contributed by atoms with van der Waals surface area (Å²) in [6.45, 7) is 3.51. The number of fused-ring (bicyclic) bond motifs is 1. The normalized spacial score (nSPS) is 10.6. The Hall–Kier alpha value is -2.37. The van der Waals surface area contributed by atoms with Crippen molar-refractivity contribution in [1.29, 1.82) is 0 Å². The third-order valence-corrected chi connectivity index (χ3v) is 2.92. The highest BCUT2D eigenvalue weighted by atomic mass is 16.6. The molecule has 0 unspecified atom stereocenters. The van der Waals surface area contributed by atoms with Gasteiger partial charge < -0.3 is 9.72 Å². The Balaban J connectivity index is 2.93. The number of aromatic amines is 1. The third kappa shape index (κ3) is 1.62. The molecule has 0 aliphatic carbocycles. The summed E-state index contributed by atoms with van der Waals surface area (Å²) in [5.74, 6) is -0.576. The molecule has 1 aromatic heterocycles. The number of aryl methyl sites for hydroxylation is 2. The van der Waals surface area contributed by atoms with E-state index in [-0.39, 0.29) is 11.3 Å². The summed E-state index contributed by atoms with van der Waals surface area (Å²) >= 11 is 0. The average molecular weight is 248 g/mol. The molecule has 94 valence electrons. The number of H-pyrrole nitrogens is 1. The van der Waals surface area contributed by atoms with Crippen LogP contribution in [0.3, 0.4) is 0 Å². The number of non-ortho nitro benzene ring substituents is 1. The Bertz CT molecular complexity index is 658. The number of aromatic nitrogens is 1. The lowest BCUT2D eigenvalue weighted by Gasteiger charge is -2.01. The maximum Gasteiger partial charge on any atom is 0.340 e. The van der Waals surface area contributed by atoms with Gasteiger partial charge in [0.1, 0.15) is 0 Å². The van der Waals surface area contributed by atoms with Crippen LogP contribution >= 0.6 is 0 Å². The summed E-state index contributed by atoms with van der Waals surface area (Å²) in [5, 5.41) is 11.3. The van der Waals surface area contributed by atoms with Crippen LogP contribution in [-0.4, -0.2) is 23.0 Å². The molecule has 0 aliphatic heterocycles. The molecule has 2 aromatic rings. The van der Waals surface area contributed by atoms with Gasteiger partial charge in [-0.2, -0.15) is 0 Å². The number of rotatable bonds is 2. The van der Waals surface area contributed by atoms with Gasteiger partial charge >= 0.3 is 5.97 Å². The molecule has 0 amide bonds. The zero-order chi connectivity index (χ0) is 13.4. The fourth-order valence-corrected chi connectivity index (χ4v) is 2.06. The SMILES string of the molecule is COC(=O)c1c(C)[nH]c2c(C)ccc([N+](=O)[O-])c12. The van der Waals surface area contributed by atoms with E-state index in [1.807, 2.05) is 6.92 Å². The van der Waals surface area contributed by atoms with E-state index in [0.717, 1.165) is 5.56 Å². The molecular weight excluding hydrogens is 236 g/mol. The van der Waals surface area contributed by atoms with Crippen LogP contribution in [0.5, 0.6) is 0 Å². The number of nitrogens with zero attached hydrogens (tertiary/aromatic N) is 1. The van der Waals surface area contributed by atoms with Gasteiger partial charge in [-0.15, -0.1) is 0 Å². The van der Waals surface area contributed by atoms with E-state index in [0.29, 0.717) is 16.6 Å². The van der Waals surface area contributed by atoms with Crippen LogP contribution in [0.2, 0.25) is 0 Å². The van der Waals surface area contributed by atoms with Crippen molar-refractivity contribution in [2.75, 3.05) is 7.11 Å². The molecule has 0 saturated heterocycles. The lowest BCUT2D eigenvalue weighted by molar-refractivity contribution is -0.383. The van der Waals surface area contributed by atoms with Crippen molar-refractivity contribution in [2.45, 2.75) is 13.8 Å². The first kappa shape index (κ1) is 12.1. The number of nitro benzene ring substituents is 1. The summed E-state index contributed by atoms with van der Waals surface area (Å²) in [6, 6.07) is 3.05. The molecule has 1 heterocycles. The van der Waals surface area contributed by atoms with Gasteiger partial charge in [0.15, 0.2) is 0 Å². The number of carbonyl (C=O) groups excluding carboxylic acids is 1. The molecule has 6 nitrogen and oxygen atoms in total. The highest BCUT2D eigenvalue weighted by Gasteiger charge is 2.25. The van der Waals surface area contributed by atoms with E-state index >= 15 is 0 Å². The van der Waals surface area contributed by atoms with Crippen LogP contribution in [0, 0.1) is 24.0 Å². The van der Waals surface area contributed by atoms with Crippen LogP contribution in [0.15, 0.2) is 12.1 Å². The molecular formula is C12H12N2O4. The predicted octanol–water partition coefficient (Wildman–Crippen LogP) is 2.48. The van der Waals surface area contributed by atoms with Gasteiger partial charge in [0.25, 0.3) is 5.69 Å². The minimum Gasteiger partial charge on any atom is -0.465 e. The van der Waals surface area contributed by atoms with E-state index in [1.54, 1.807) is 13.0 Å². The molecule has 0 radical (unpaired) electrons. The molecule has 6 heteroatoms. The molecule has 18 heavy (non-hydrogen) atoms. The lowest BCUT2D eigenvalue weighted by atomic mass is 10.1. The Morgan fingerprint density at radius 2 is 2.06 bits per heavy atom. The Morgan fingerprint density at radius 3 is 2.61 bits per heavy atom. The maximum atomic E-state index is 11.7. The zero-order valence-electron chi connectivity index (χ0n) is 10.2. The second-order valence-electron chi connectivity index (χ2n) is 4.03. The Kier molecular flexibility index (Phi) is 2.78. The van der Waals surface area contributed by atoms with E-state index in [1.165, 1.54) is 13.2 Å². The number of nitrogens with one attached hydrogen (secondary N) is 1. The van der Waals surface area contributed by atoms with Gasteiger partial charge in [0.2, 0.25) is 0 Å². The number of nitro groups is 1. The quantitative estimate of drug-likeness (QED) is 0.502. The number of hydrogen-bond donors (Lipinski definition) is 1. The molecule has 1 N–H and O–H groups in total. The molecule has 0 aliphatic rings. The lowest BCUT2D eigenvalue weighted by Crippen LogP contribution is -2.03. The number of esters is 1. The number of hydrogen-bond acceptors (Lipinski definition) is 4. The molecule has 0 bridgehead atoms.